The van der Waals surface area contributed by atoms with Gasteiger partial charge in [-0.3, -0.25) is 0 Å². The molecule has 1 aromatic heterocycles. The zero-order valence-corrected chi connectivity index (χ0v) is 10.4. The van der Waals surface area contributed by atoms with Gasteiger partial charge < -0.3 is 9.64 Å². The Bertz CT molecular complexity index is 425. The molecule has 0 unspecified atom stereocenters. The van der Waals surface area contributed by atoms with E-state index < -0.39 is 11.7 Å². The second-order valence-corrected chi connectivity index (χ2v) is 3.79. The van der Waals surface area contributed by atoms with E-state index in [0.717, 1.165) is 12.3 Å². The minimum absolute atomic E-state index is 0.270. The van der Waals surface area contributed by atoms with Gasteiger partial charge >= 0.3 is 6.18 Å². The van der Waals surface area contributed by atoms with Crippen molar-refractivity contribution in [1.29, 1.82) is 5.26 Å². The highest BCUT2D eigenvalue weighted by Gasteiger charge is 2.30. The number of methoxy groups -OCH3 is 1. The van der Waals surface area contributed by atoms with Crippen molar-refractivity contribution in [2.24, 2.45) is 0 Å². The Morgan fingerprint density at radius 3 is 2.58 bits per heavy atom. The Balaban J connectivity index is 2.81. The third-order valence-electron chi connectivity index (χ3n) is 2.46. The van der Waals surface area contributed by atoms with Gasteiger partial charge in [0, 0.05) is 26.4 Å². The molecule has 0 amide bonds. The van der Waals surface area contributed by atoms with Gasteiger partial charge in [0.1, 0.15) is 5.82 Å². The van der Waals surface area contributed by atoms with Crippen LogP contribution in [0.15, 0.2) is 18.3 Å². The predicted molar refractivity (Wildman–Crippen MR) is 63.6 cm³/mol. The number of anilines is 1. The summed E-state index contributed by atoms with van der Waals surface area (Å²) in [6, 6.07) is 4.27. The number of rotatable bonds is 6. The van der Waals surface area contributed by atoms with Gasteiger partial charge in [0.15, 0.2) is 0 Å². The van der Waals surface area contributed by atoms with Gasteiger partial charge in [-0.1, -0.05) is 0 Å². The highest BCUT2D eigenvalue weighted by Crippen LogP contribution is 2.29. The van der Waals surface area contributed by atoms with E-state index in [9.17, 15) is 13.2 Å². The molecule has 0 saturated carbocycles. The molecular formula is C12H14F3N3O. The van der Waals surface area contributed by atoms with Gasteiger partial charge in [-0.2, -0.15) is 18.4 Å². The number of ether oxygens (including phenoxy) is 1. The molecule has 1 heterocycles. The Morgan fingerprint density at radius 1 is 1.37 bits per heavy atom. The van der Waals surface area contributed by atoms with E-state index >= 15 is 0 Å². The maximum absolute atomic E-state index is 12.4. The summed E-state index contributed by atoms with van der Waals surface area (Å²) >= 11 is 0. The summed E-state index contributed by atoms with van der Waals surface area (Å²) in [4.78, 5) is 5.51. The van der Waals surface area contributed by atoms with Crippen LogP contribution in [0.2, 0.25) is 0 Å². The van der Waals surface area contributed by atoms with Crippen molar-refractivity contribution in [3.8, 4) is 6.07 Å². The van der Waals surface area contributed by atoms with Crippen LogP contribution in [0.4, 0.5) is 19.0 Å². The van der Waals surface area contributed by atoms with E-state index in [-0.39, 0.29) is 6.42 Å². The fourth-order valence-corrected chi connectivity index (χ4v) is 1.47. The van der Waals surface area contributed by atoms with Crippen molar-refractivity contribution in [3.05, 3.63) is 23.9 Å². The lowest BCUT2D eigenvalue weighted by molar-refractivity contribution is -0.137. The van der Waals surface area contributed by atoms with Crippen molar-refractivity contribution in [2.75, 3.05) is 31.7 Å². The van der Waals surface area contributed by atoms with Gasteiger partial charge in [-0.05, 0) is 12.1 Å². The minimum atomic E-state index is -4.39. The van der Waals surface area contributed by atoms with Crippen LogP contribution in [0.25, 0.3) is 0 Å². The fraction of sp³-hybridized carbons (Fsp3) is 0.500. The molecule has 0 radical (unpaired) electrons. The predicted octanol–water partition coefficient (Wildman–Crippen LogP) is 2.47. The van der Waals surface area contributed by atoms with Crippen LogP contribution < -0.4 is 4.90 Å². The number of alkyl halides is 3. The summed E-state index contributed by atoms with van der Waals surface area (Å²) in [7, 11) is 1.53. The van der Waals surface area contributed by atoms with E-state index in [0.29, 0.717) is 25.5 Å². The van der Waals surface area contributed by atoms with E-state index in [1.54, 1.807) is 4.90 Å². The normalized spacial score (nSPS) is 11.1. The van der Waals surface area contributed by atoms with Crippen LogP contribution in [0.1, 0.15) is 12.0 Å². The smallest absolute Gasteiger partial charge is 0.383 e. The third kappa shape index (κ3) is 4.75. The quantitative estimate of drug-likeness (QED) is 0.799. The molecule has 7 heteroatoms. The van der Waals surface area contributed by atoms with Crippen molar-refractivity contribution >= 4 is 5.82 Å². The van der Waals surface area contributed by atoms with Crippen LogP contribution in [0.5, 0.6) is 0 Å². The summed E-state index contributed by atoms with van der Waals surface area (Å²) in [5.74, 6) is 0.403. The average molecular weight is 273 g/mol. The first-order chi connectivity index (χ1) is 8.99. The largest absolute Gasteiger partial charge is 0.417 e. The summed E-state index contributed by atoms with van der Waals surface area (Å²) in [5, 5.41) is 8.56. The van der Waals surface area contributed by atoms with Crippen LogP contribution >= 0.6 is 0 Å². The lowest BCUT2D eigenvalue weighted by Crippen LogP contribution is -2.29. The van der Waals surface area contributed by atoms with E-state index in [4.69, 9.17) is 10.00 Å². The van der Waals surface area contributed by atoms with Gasteiger partial charge in [-0.25, -0.2) is 4.98 Å². The van der Waals surface area contributed by atoms with Crippen molar-refractivity contribution in [2.45, 2.75) is 12.6 Å². The Kier molecular flexibility index (Phi) is 5.57. The molecule has 1 rings (SSSR count). The standard InChI is InChI=1S/C12H14F3N3O/c1-19-8-7-18(6-2-5-16)11-4-3-10(9-17-11)12(13,14)15/h3-4,9H,2,6-8H2,1H3. The summed E-state index contributed by atoms with van der Waals surface area (Å²) in [5.41, 5.74) is -0.789. The first-order valence-electron chi connectivity index (χ1n) is 5.63. The first-order valence-corrected chi connectivity index (χ1v) is 5.63. The highest BCUT2D eigenvalue weighted by atomic mass is 19.4. The Hall–Kier alpha value is -1.81. The lowest BCUT2D eigenvalue weighted by Gasteiger charge is -2.22. The zero-order valence-electron chi connectivity index (χ0n) is 10.4. The molecule has 19 heavy (non-hydrogen) atoms. The zero-order chi connectivity index (χ0) is 14.3. The van der Waals surface area contributed by atoms with Crippen LogP contribution in [0, 0.1) is 11.3 Å². The maximum atomic E-state index is 12.4. The highest BCUT2D eigenvalue weighted by molar-refractivity contribution is 5.39. The molecule has 0 aromatic carbocycles. The monoisotopic (exact) mass is 273 g/mol. The van der Waals surface area contributed by atoms with Crippen LogP contribution in [-0.2, 0) is 10.9 Å². The molecule has 0 saturated heterocycles. The van der Waals surface area contributed by atoms with Gasteiger partial charge in [0.05, 0.1) is 24.7 Å². The third-order valence-corrected chi connectivity index (χ3v) is 2.46. The second-order valence-electron chi connectivity index (χ2n) is 3.79. The van der Waals surface area contributed by atoms with Crippen molar-refractivity contribution in [3.63, 3.8) is 0 Å². The number of pyridine rings is 1. The van der Waals surface area contributed by atoms with E-state index in [1.165, 1.54) is 13.2 Å². The molecule has 1 aromatic rings. The molecule has 0 aliphatic heterocycles. The number of aromatic nitrogens is 1. The molecule has 0 bridgehead atoms. The number of hydrogen-bond acceptors (Lipinski definition) is 4. The van der Waals surface area contributed by atoms with Crippen molar-refractivity contribution in [1.82, 2.24) is 4.98 Å². The molecular weight excluding hydrogens is 259 g/mol. The Labute approximate surface area is 109 Å². The molecule has 0 aliphatic carbocycles. The fourth-order valence-electron chi connectivity index (χ4n) is 1.47. The molecule has 0 N–H and O–H groups in total. The van der Waals surface area contributed by atoms with E-state index in [2.05, 4.69) is 4.98 Å². The first kappa shape index (κ1) is 15.2. The summed E-state index contributed by atoms with van der Waals surface area (Å²) < 4.78 is 42.1. The van der Waals surface area contributed by atoms with Crippen LogP contribution in [0.3, 0.4) is 0 Å². The number of halogens is 3. The molecule has 4 nitrogen and oxygen atoms in total. The lowest BCUT2D eigenvalue weighted by atomic mass is 10.2. The van der Waals surface area contributed by atoms with E-state index in [1.807, 2.05) is 6.07 Å². The van der Waals surface area contributed by atoms with Gasteiger partial charge in [0.2, 0.25) is 0 Å². The maximum Gasteiger partial charge on any atom is 0.417 e. The Morgan fingerprint density at radius 2 is 2.11 bits per heavy atom. The average Bonchev–Trinajstić information content (AvgIpc) is 2.38. The molecule has 0 spiro atoms. The van der Waals surface area contributed by atoms with Gasteiger partial charge in [0.25, 0.3) is 0 Å². The number of nitriles is 1. The SMILES string of the molecule is COCCN(CCC#N)c1ccc(C(F)(F)F)cn1. The second kappa shape index (κ2) is 6.95. The molecule has 104 valence electrons. The molecule has 0 atom stereocenters. The summed E-state index contributed by atoms with van der Waals surface area (Å²) in [6.07, 6.45) is -3.33. The molecule has 0 aliphatic rings. The summed E-state index contributed by atoms with van der Waals surface area (Å²) in [6.45, 7) is 1.28. The van der Waals surface area contributed by atoms with Crippen LogP contribution in [-0.4, -0.2) is 31.8 Å². The molecule has 0 fully saturated rings. The van der Waals surface area contributed by atoms with Crippen molar-refractivity contribution < 1.29 is 17.9 Å². The minimum Gasteiger partial charge on any atom is -0.383 e. The number of hydrogen-bond donors (Lipinski definition) is 0. The number of nitrogens with zero attached hydrogens (tertiary/aromatic N) is 3. The topological polar surface area (TPSA) is 49.1 Å². The van der Waals surface area contributed by atoms with Gasteiger partial charge in [-0.15, -0.1) is 0 Å².